The van der Waals surface area contributed by atoms with Gasteiger partial charge in [-0.2, -0.15) is 0 Å². The summed E-state index contributed by atoms with van der Waals surface area (Å²) < 4.78 is 0. The molecule has 0 fully saturated rings. The van der Waals surface area contributed by atoms with Crippen molar-refractivity contribution in [1.29, 1.82) is 0 Å². The summed E-state index contributed by atoms with van der Waals surface area (Å²) in [6.45, 7) is 4.59. The Hall–Kier alpha value is -0.0800. The molecule has 56 valence electrons. The van der Waals surface area contributed by atoms with E-state index in [-0.39, 0.29) is 0 Å². The first-order valence-electron chi connectivity index (χ1n) is 3.73. The number of rotatable bonds is 6. The van der Waals surface area contributed by atoms with E-state index in [2.05, 4.69) is 12.2 Å². The van der Waals surface area contributed by atoms with Gasteiger partial charge in [-0.15, -0.1) is 0 Å². The molecule has 2 N–H and O–H groups in total. The lowest BCUT2D eigenvalue weighted by Gasteiger charge is -1.98. The molecule has 0 atom stereocenters. The van der Waals surface area contributed by atoms with Gasteiger partial charge in [-0.1, -0.05) is 6.92 Å². The number of aliphatic hydroxyl groups is 1. The van der Waals surface area contributed by atoms with Crippen molar-refractivity contribution in [3.8, 4) is 0 Å². The van der Waals surface area contributed by atoms with Crippen LogP contribution in [0.15, 0.2) is 0 Å². The van der Waals surface area contributed by atoms with Gasteiger partial charge in [0.1, 0.15) is 0 Å². The second kappa shape index (κ2) is 7.92. The Morgan fingerprint density at radius 2 is 2.00 bits per heavy atom. The zero-order chi connectivity index (χ0) is 6.95. The van der Waals surface area contributed by atoms with Crippen molar-refractivity contribution in [1.82, 2.24) is 5.32 Å². The van der Waals surface area contributed by atoms with Gasteiger partial charge in [0, 0.05) is 6.61 Å². The lowest BCUT2D eigenvalue weighted by molar-refractivity contribution is 0.283. The Morgan fingerprint density at radius 1 is 1.22 bits per heavy atom. The molecule has 0 aromatic heterocycles. The topological polar surface area (TPSA) is 32.3 Å². The van der Waals surface area contributed by atoms with Gasteiger partial charge in [-0.25, -0.2) is 0 Å². The minimum atomic E-state index is 0.339. The maximum Gasteiger partial charge on any atom is 0.0431 e. The van der Waals surface area contributed by atoms with E-state index in [1.165, 1.54) is 6.42 Å². The highest BCUT2D eigenvalue weighted by molar-refractivity contribution is 4.44. The molecule has 0 aromatic rings. The van der Waals surface area contributed by atoms with Crippen LogP contribution in [-0.4, -0.2) is 24.8 Å². The molecule has 0 radical (unpaired) electrons. The van der Waals surface area contributed by atoms with Crippen LogP contribution < -0.4 is 5.32 Å². The molecule has 0 aromatic carbocycles. The van der Waals surface area contributed by atoms with Crippen molar-refractivity contribution >= 4 is 0 Å². The van der Waals surface area contributed by atoms with Crippen LogP contribution in [0.5, 0.6) is 0 Å². The van der Waals surface area contributed by atoms with Gasteiger partial charge in [-0.05, 0) is 32.4 Å². The maximum atomic E-state index is 8.40. The summed E-state index contributed by atoms with van der Waals surface area (Å²) in [7, 11) is 0. The summed E-state index contributed by atoms with van der Waals surface area (Å²) >= 11 is 0. The minimum Gasteiger partial charge on any atom is -0.396 e. The zero-order valence-corrected chi connectivity index (χ0v) is 6.19. The van der Waals surface area contributed by atoms with Crippen LogP contribution in [0.1, 0.15) is 26.2 Å². The smallest absolute Gasteiger partial charge is 0.0431 e. The zero-order valence-electron chi connectivity index (χ0n) is 6.19. The largest absolute Gasteiger partial charge is 0.396 e. The Kier molecular flexibility index (Phi) is 7.85. The van der Waals surface area contributed by atoms with Crippen LogP contribution >= 0.6 is 0 Å². The lowest BCUT2D eigenvalue weighted by Crippen LogP contribution is -2.13. The van der Waals surface area contributed by atoms with Crippen molar-refractivity contribution in [3.05, 3.63) is 0 Å². The number of nitrogens with one attached hydrogen (secondary N) is 1. The van der Waals surface area contributed by atoms with Gasteiger partial charge >= 0.3 is 0 Å². The van der Waals surface area contributed by atoms with Crippen LogP contribution in [-0.2, 0) is 0 Å². The molecule has 2 nitrogen and oxygen atoms in total. The minimum absolute atomic E-state index is 0.339. The van der Waals surface area contributed by atoms with Crippen molar-refractivity contribution in [2.45, 2.75) is 26.2 Å². The fraction of sp³-hybridized carbons (Fsp3) is 1.00. The van der Waals surface area contributed by atoms with Crippen LogP contribution in [0.2, 0.25) is 0 Å². The predicted molar refractivity (Wildman–Crippen MR) is 39.5 cm³/mol. The first kappa shape index (κ1) is 8.92. The average molecular weight is 131 g/mol. The average Bonchev–Trinajstić information content (AvgIpc) is 1.89. The number of unbranched alkanes of at least 4 members (excludes halogenated alkanes) is 2. The Bertz CT molecular complexity index is 42.2. The normalized spacial score (nSPS) is 10.0. The molecule has 0 heterocycles. The van der Waals surface area contributed by atoms with Crippen molar-refractivity contribution in [2.24, 2.45) is 0 Å². The maximum absolute atomic E-state index is 8.40. The van der Waals surface area contributed by atoms with Gasteiger partial charge in [0.05, 0.1) is 0 Å². The molecule has 0 bridgehead atoms. The Labute approximate surface area is 57.3 Å². The summed E-state index contributed by atoms with van der Waals surface area (Å²) in [5, 5.41) is 11.6. The van der Waals surface area contributed by atoms with Crippen molar-refractivity contribution < 1.29 is 5.11 Å². The van der Waals surface area contributed by atoms with Gasteiger partial charge in [0.25, 0.3) is 0 Å². The molecule has 0 saturated heterocycles. The lowest BCUT2D eigenvalue weighted by atomic mass is 10.2. The molecule has 0 amide bonds. The molecule has 0 aliphatic heterocycles. The van der Waals surface area contributed by atoms with Gasteiger partial charge < -0.3 is 10.4 Å². The third-order valence-electron chi connectivity index (χ3n) is 1.26. The molecule has 0 aliphatic rings. The van der Waals surface area contributed by atoms with E-state index in [0.29, 0.717) is 6.61 Å². The molecule has 0 saturated carbocycles. The van der Waals surface area contributed by atoms with E-state index >= 15 is 0 Å². The van der Waals surface area contributed by atoms with Crippen molar-refractivity contribution in [2.75, 3.05) is 19.7 Å². The van der Waals surface area contributed by atoms with E-state index in [0.717, 1.165) is 25.9 Å². The first-order chi connectivity index (χ1) is 4.41. The summed E-state index contributed by atoms with van der Waals surface area (Å²) in [4.78, 5) is 0. The molecule has 2 heteroatoms. The monoisotopic (exact) mass is 131 g/mol. The second-order valence-corrected chi connectivity index (χ2v) is 2.14. The Balaban J connectivity index is 2.60. The van der Waals surface area contributed by atoms with Gasteiger partial charge in [0.15, 0.2) is 0 Å². The van der Waals surface area contributed by atoms with Crippen molar-refractivity contribution in [3.63, 3.8) is 0 Å². The molecule has 0 spiro atoms. The van der Waals surface area contributed by atoms with Gasteiger partial charge in [0.2, 0.25) is 0 Å². The van der Waals surface area contributed by atoms with Gasteiger partial charge in [-0.3, -0.25) is 0 Å². The number of hydrogen-bond donors (Lipinski definition) is 2. The molecule has 0 rings (SSSR count). The highest BCUT2D eigenvalue weighted by atomic mass is 16.2. The molecule has 0 unspecified atom stereocenters. The second-order valence-electron chi connectivity index (χ2n) is 2.14. The summed E-state index contributed by atoms with van der Waals surface area (Å²) in [6.07, 6.45) is 3.28. The molecular weight excluding hydrogens is 114 g/mol. The van der Waals surface area contributed by atoms with Crippen LogP contribution in [0.3, 0.4) is 0 Å². The predicted octanol–water partition coefficient (Wildman–Crippen LogP) is 0.758. The number of aliphatic hydroxyl groups excluding tert-OH is 1. The van der Waals surface area contributed by atoms with E-state index in [4.69, 9.17) is 5.11 Å². The molecular formula is C7H17NO. The number of hydrogen-bond acceptors (Lipinski definition) is 2. The third-order valence-corrected chi connectivity index (χ3v) is 1.26. The summed E-state index contributed by atoms with van der Waals surface area (Å²) in [5.74, 6) is 0. The third kappa shape index (κ3) is 7.92. The highest BCUT2D eigenvalue weighted by Crippen LogP contribution is 1.90. The fourth-order valence-corrected chi connectivity index (χ4v) is 0.715. The quantitative estimate of drug-likeness (QED) is 0.522. The van der Waals surface area contributed by atoms with Crippen LogP contribution in [0.25, 0.3) is 0 Å². The fourth-order valence-electron chi connectivity index (χ4n) is 0.715. The van der Waals surface area contributed by atoms with E-state index in [9.17, 15) is 0 Å². The molecule has 9 heavy (non-hydrogen) atoms. The summed E-state index contributed by atoms with van der Waals surface area (Å²) in [5.41, 5.74) is 0. The standard InChI is InChI=1S/C7H17NO/c1-2-8-6-4-3-5-7-9/h8-9H,2-7H2,1H3. The summed E-state index contributed by atoms with van der Waals surface area (Å²) in [6, 6.07) is 0. The van der Waals surface area contributed by atoms with E-state index in [1.54, 1.807) is 0 Å². The van der Waals surface area contributed by atoms with E-state index in [1.807, 2.05) is 0 Å². The SMILES string of the molecule is CCNCCCCCO. The highest BCUT2D eigenvalue weighted by Gasteiger charge is 1.84. The van der Waals surface area contributed by atoms with Crippen LogP contribution in [0, 0.1) is 0 Å². The first-order valence-corrected chi connectivity index (χ1v) is 3.73. The Morgan fingerprint density at radius 3 is 2.56 bits per heavy atom. The molecule has 0 aliphatic carbocycles. The van der Waals surface area contributed by atoms with Crippen LogP contribution in [0.4, 0.5) is 0 Å². The van der Waals surface area contributed by atoms with E-state index < -0.39 is 0 Å².